The Morgan fingerprint density at radius 2 is 1.56 bits per heavy atom. The van der Waals surface area contributed by atoms with Gasteiger partial charge in [-0.3, -0.25) is 14.5 Å². The van der Waals surface area contributed by atoms with Gasteiger partial charge in [-0.2, -0.15) is 0 Å². The summed E-state index contributed by atoms with van der Waals surface area (Å²) >= 11 is 0. The predicted molar refractivity (Wildman–Crippen MR) is 154 cm³/mol. The summed E-state index contributed by atoms with van der Waals surface area (Å²) in [6.45, 7) is 6.55. The summed E-state index contributed by atoms with van der Waals surface area (Å²) < 4.78 is 13.3. The highest BCUT2D eigenvalue weighted by Crippen LogP contribution is 2.46. The van der Waals surface area contributed by atoms with Crippen LogP contribution in [0.5, 0.6) is 0 Å². The van der Waals surface area contributed by atoms with Gasteiger partial charge in [-0.05, 0) is 120 Å². The van der Waals surface area contributed by atoms with E-state index in [9.17, 15) is 14.0 Å². The molecule has 4 aliphatic rings. The van der Waals surface area contributed by atoms with E-state index in [0.717, 1.165) is 70.3 Å². The van der Waals surface area contributed by atoms with Gasteiger partial charge in [0, 0.05) is 60.0 Å². The predicted octanol–water partition coefficient (Wildman–Crippen LogP) is 6.47. The number of Topliss-reactive ketones (excluding diaryl/α,β-unsaturated/α-hetero) is 1. The first kappa shape index (κ1) is 26.5. The van der Waals surface area contributed by atoms with Crippen molar-refractivity contribution in [2.45, 2.75) is 83.2 Å². The minimum absolute atomic E-state index is 0.0890. The highest BCUT2D eigenvalue weighted by atomic mass is 19.1. The van der Waals surface area contributed by atoms with Crippen LogP contribution < -0.4 is 9.80 Å². The van der Waals surface area contributed by atoms with Crippen LogP contribution in [0.4, 0.5) is 15.8 Å². The summed E-state index contributed by atoms with van der Waals surface area (Å²) in [5.74, 6) is -0.0921. The molecule has 1 spiro atoms. The summed E-state index contributed by atoms with van der Waals surface area (Å²) in [6.07, 6.45) is 9.76. The van der Waals surface area contributed by atoms with Crippen molar-refractivity contribution in [2.75, 3.05) is 36.0 Å². The van der Waals surface area contributed by atoms with Crippen molar-refractivity contribution in [3.63, 3.8) is 0 Å². The maximum Gasteiger partial charge on any atom is 0.233 e. The van der Waals surface area contributed by atoms with Crippen molar-refractivity contribution in [1.82, 2.24) is 4.90 Å². The minimum Gasteiger partial charge on any atom is -0.370 e. The Bertz CT molecular complexity index is 1180. The van der Waals surface area contributed by atoms with Gasteiger partial charge < -0.3 is 9.80 Å². The summed E-state index contributed by atoms with van der Waals surface area (Å²) in [6, 6.07) is 15.9. The highest BCUT2D eigenvalue weighted by Gasteiger charge is 2.45. The summed E-state index contributed by atoms with van der Waals surface area (Å²) in [5.41, 5.74) is 2.45. The van der Waals surface area contributed by atoms with Gasteiger partial charge in [-0.15, -0.1) is 0 Å². The van der Waals surface area contributed by atoms with Gasteiger partial charge in [-0.25, -0.2) is 4.39 Å². The van der Waals surface area contributed by atoms with Crippen LogP contribution in [0.15, 0.2) is 48.5 Å². The number of amides is 1. The molecule has 0 N–H and O–H groups in total. The third-order valence-electron chi connectivity index (χ3n) is 10.2. The van der Waals surface area contributed by atoms with E-state index >= 15 is 0 Å². The molecule has 4 atom stereocenters. The molecule has 2 aromatic carbocycles. The molecule has 1 amide bonds. The number of rotatable bonds is 5. The van der Waals surface area contributed by atoms with E-state index in [-0.39, 0.29) is 28.8 Å². The van der Waals surface area contributed by atoms with E-state index in [1.807, 2.05) is 4.90 Å². The number of benzene rings is 2. The number of halogens is 1. The van der Waals surface area contributed by atoms with E-state index < -0.39 is 0 Å². The smallest absolute Gasteiger partial charge is 0.233 e. The molecule has 0 aromatic heterocycles. The lowest BCUT2D eigenvalue weighted by molar-refractivity contribution is -0.131. The van der Waals surface area contributed by atoms with Gasteiger partial charge in [0.15, 0.2) is 5.78 Å². The molecule has 6 heteroatoms. The van der Waals surface area contributed by atoms with Gasteiger partial charge in [0.05, 0.1) is 0 Å². The Balaban J connectivity index is 1.10. The molecule has 1 saturated carbocycles. The molecular formula is C33H42FN3O2. The van der Waals surface area contributed by atoms with Crippen LogP contribution in [-0.4, -0.2) is 54.9 Å². The number of piperidine rings is 1. The quantitative estimate of drug-likeness (QED) is 0.415. The van der Waals surface area contributed by atoms with Crippen molar-refractivity contribution in [3.05, 3.63) is 59.9 Å². The molecule has 6 rings (SSSR count). The van der Waals surface area contributed by atoms with E-state index in [0.29, 0.717) is 17.6 Å². The maximum atomic E-state index is 14.0. The second-order valence-corrected chi connectivity index (χ2v) is 12.5. The minimum atomic E-state index is -0.372. The molecule has 2 unspecified atom stereocenters. The normalized spacial score (nSPS) is 30.2. The molecule has 5 nitrogen and oxygen atoms in total. The maximum absolute atomic E-state index is 14.0. The third-order valence-corrected chi connectivity index (χ3v) is 10.2. The number of likely N-dealkylation sites (tertiary alicyclic amines) is 1. The summed E-state index contributed by atoms with van der Waals surface area (Å²) in [7, 11) is 0. The van der Waals surface area contributed by atoms with Crippen molar-refractivity contribution in [1.29, 1.82) is 0 Å². The number of anilines is 2. The fourth-order valence-corrected chi connectivity index (χ4v) is 7.89. The number of carbonyl (C=O) groups is 2. The SMILES string of the molecule is C[C@H]1CCCN1[C@H]1CCN(c2ccc(N3CCCC4(CCCC(C(=O)c5ccc(F)cc5)CC4)C3=O)cc2)C1. The largest absolute Gasteiger partial charge is 0.370 e. The Hall–Kier alpha value is -2.73. The summed E-state index contributed by atoms with van der Waals surface area (Å²) in [4.78, 5) is 34.3. The Kier molecular flexibility index (Phi) is 7.49. The number of ketones is 1. The molecular weight excluding hydrogens is 489 g/mol. The molecule has 0 radical (unpaired) electrons. The van der Waals surface area contributed by atoms with Crippen molar-refractivity contribution in [3.8, 4) is 0 Å². The molecule has 2 aromatic rings. The zero-order chi connectivity index (χ0) is 27.0. The fourth-order valence-electron chi connectivity index (χ4n) is 7.89. The van der Waals surface area contributed by atoms with Gasteiger partial charge in [0.25, 0.3) is 0 Å². The van der Waals surface area contributed by atoms with E-state index in [1.54, 1.807) is 12.1 Å². The third kappa shape index (κ3) is 5.25. The molecule has 1 aliphatic carbocycles. The van der Waals surface area contributed by atoms with E-state index in [1.165, 1.54) is 43.6 Å². The monoisotopic (exact) mass is 531 g/mol. The number of carbonyl (C=O) groups excluding carboxylic acids is 2. The Morgan fingerprint density at radius 1 is 0.821 bits per heavy atom. The zero-order valence-electron chi connectivity index (χ0n) is 23.3. The molecule has 0 bridgehead atoms. The topological polar surface area (TPSA) is 43.9 Å². The first-order valence-electron chi connectivity index (χ1n) is 15.2. The van der Waals surface area contributed by atoms with Crippen LogP contribution in [0.2, 0.25) is 0 Å². The number of hydrogen-bond acceptors (Lipinski definition) is 4. The molecule has 3 aliphatic heterocycles. The van der Waals surface area contributed by atoms with E-state index in [4.69, 9.17) is 0 Å². The van der Waals surface area contributed by atoms with Crippen LogP contribution in [0.25, 0.3) is 0 Å². The van der Waals surface area contributed by atoms with Crippen LogP contribution in [0.1, 0.15) is 81.5 Å². The number of hydrogen-bond donors (Lipinski definition) is 0. The lowest BCUT2D eigenvalue weighted by Gasteiger charge is -2.41. The molecule has 3 saturated heterocycles. The van der Waals surface area contributed by atoms with Crippen LogP contribution in [0.3, 0.4) is 0 Å². The van der Waals surface area contributed by atoms with Crippen LogP contribution in [-0.2, 0) is 4.79 Å². The van der Waals surface area contributed by atoms with E-state index in [2.05, 4.69) is 41.0 Å². The van der Waals surface area contributed by atoms with Gasteiger partial charge >= 0.3 is 0 Å². The van der Waals surface area contributed by atoms with Gasteiger partial charge in [0.2, 0.25) is 5.91 Å². The molecule has 3 heterocycles. The first-order chi connectivity index (χ1) is 18.9. The Labute approximate surface area is 232 Å². The van der Waals surface area contributed by atoms with Crippen molar-refractivity contribution >= 4 is 23.1 Å². The lowest BCUT2D eigenvalue weighted by Crippen LogP contribution is -2.49. The molecule has 4 fully saturated rings. The van der Waals surface area contributed by atoms with Crippen molar-refractivity contribution < 1.29 is 14.0 Å². The summed E-state index contributed by atoms with van der Waals surface area (Å²) in [5, 5.41) is 0. The molecule has 208 valence electrons. The van der Waals surface area contributed by atoms with Crippen LogP contribution >= 0.6 is 0 Å². The standard InChI is InChI=1S/C33H42FN3O2/c1-24-5-3-20-36(24)30-16-22-35(23-30)28-11-13-29(14-12-28)37-21-4-18-33(32(37)39)17-2-6-25(15-19-33)31(38)26-7-9-27(34)10-8-26/h7-14,24-25,30H,2-6,15-23H2,1H3/t24-,25?,30-,33?/m0/s1. The van der Waals surface area contributed by atoms with Gasteiger partial charge in [-0.1, -0.05) is 6.42 Å². The molecule has 39 heavy (non-hydrogen) atoms. The zero-order valence-corrected chi connectivity index (χ0v) is 23.3. The Morgan fingerprint density at radius 3 is 2.31 bits per heavy atom. The average molecular weight is 532 g/mol. The number of nitrogens with zero attached hydrogens (tertiary/aromatic N) is 3. The van der Waals surface area contributed by atoms with Crippen LogP contribution in [0, 0.1) is 17.2 Å². The second-order valence-electron chi connectivity index (χ2n) is 12.5. The fraction of sp³-hybridized carbons (Fsp3) is 0.576. The second kappa shape index (κ2) is 11.0. The highest BCUT2D eigenvalue weighted by molar-refractivity contribution is 5.99. The van der Waals surface area contributed by atoms with Gasteiger partial charge in [0.1, 0.15) is 5.82 Å². The van der Waals surface area contributed by atoms with Crippen molar-refractivity contribution in [2.24, 2.45) is 11.3 Å². The lowest BCUT2D eigenvalue weighted by atomic mass is 9.72. The average Bonchev–Trinajstić information content (AvgIpc) is 3.55. The first-order valence-corrected chi connectivity index (χ1v) is 15.2.